The molecule has 2 aromatic rings. The van der Waals surface area contributed by atoms with Gasteiger partial charge in [-0.15, -0.1) is 0 Å². The summed E-state index contributed by atoms with van der Waals surface area (Å²) in [6.07, 6.45) is 11.9. The Labute approximate surface area is 205 Å². The van der Waals surface area contributed by atoms with Crippen molar-refractivity contribution in [2.24, 2.45) is 0 Å². The SMILES string of the molecule is COc1cc(C)c(C#N)cc1NSc1cc(C(=O)O)ccc1C1CC1.CSC1CCCCC1. The number of rotatable bonds is 7. The number of nitrogens with one attached hydrogen (secondary N) is 1. The molecule has 0 saturated heterocycles. The van der Waals surface area contributed by atoms with Crippen LogP contribution in [0.2, 0.25) is 0 Å². The van der Waals surface area contributed by atoms with E-state index in [-0.39, 0.29) is 5.56 Å². The molecule has 2 saturated carbocycles. The van der Waals surface area contributed by atoms with Crippen molar-refractivity contribution in [2.45, 2.75) is 67.9 Å². The van der Waals surface area contributed by atoms with Crippen LogP contribution >= 0.6 is 23.7 Å². The van der Waals surface area contributed by atoms with E-state index in [1.54, 1.807) is 25.3 Å². The maximum absolute atomic E-state index is 11.3. The molecular formula is C26H32N2O3S2. The third kappa shape index (κ3) is 7.09. The lowest BCUT2D eigenvalue weighted by molar-refractivity contribution is 0.0696. The summed E-state index contributed by atoms with van der Waals surface area (Å²) in [4.78, 5) is 12.2. The van der Waals surface area contributed by atoms with Crippen LogP contribution in [0, 0.1) is 18.3 Å². The van der Waals surface area contributed by atoms with E-state index in [4.69, 9.17) is 4.74 Å². The van der Waals surface area contributed by atoms with Gasteiger partial charge in [0.2, 0.25) is 0 Å². The predicted molar refractivity (Wildman–Crippen MR) is 138 cm³/mol. The van der Waals surface area contributed by atoms with Gasteiger partial charge in [-0.2, -0.15) is 17.0 Å². The number of nitrogens with zero attached hydrogens (tertiary/aromatic N) is 1. The molecule has 0 aliphatic heterocycles. The number of methoxy groups -OCH3 is 1. The monoisotopic (exact) mass is 484 g/mol. The highest BCUT2D eigenvalue weighted by atomic mass is 32.2. The fourth-order valence-electron chi connectivity index (χ4n) is 3.95. The van der Waals surface area contributed by atoms with Gasteiger partial charge in [-0.1, -0.05) is 25.3 Å². The standard InChI is InChI=1S/C19H18N2O3S.C7H14S/c1-11-7-17(24-2)16(8-14(11)10-20)21-25-18-9-13(19(22)23)5-6-15(18)12-3-4-12;1-8-7-5-3-2-4-6-7/h5-9,12,21H,3-4H2,1-2H3,(H,22,23);7H,2-6H2,1H3. The first-order valence-electron chi connectivity index (χ1n) is 11.4. The number of thioether (sulfide) groups is 1. The molecule has 0 bridgehead atoms. The molecule has 0 atom stereocenters. The quantitative estimate of drug-likeness (QED) is 0.400. The van der Waals surface area contributed by atoms with Crippen molar-refractivity contribution >= 4 is 35.4 Å². The lowest BCUT2D eigenvalue weighted by atomic mass is 10.0. The van der Waals surface area contributed by atoms with Gasteiger partial charge in [0.1, 0.15) is 5.75 Å². The molecule has 2 aliphatic carbocycles. The molecule has 0 aromatic heterocycles. The molecule has 33 heavy (non-hydrogen) atoms. The Hall–Kier alpha value is -2.30. The molecule has 2 aromatic carbocycles. The van der Waals surface area contributed by atoms with Crippen LogP contribution in [0.15, 0.2) is 35.2 Å². The predicted octanol–water partition coefficient (Wildman–Crippen LogP) is 7.25. The first-order chi connectivity index (χ1) is 16.0. The van der Waals surface area contributed by atoms with Crippen molar-refractivity contribution in [3.05, 3.63) is 52.6 Å². The van der Waals surface area contributed by atoms with Crippen molar-refractivity contribution in [1.29, 1.82) is 5.26 Å². The Morgan fingerprint density at radius 1 is 1.15 bits per heavy atom. The van der Waals surface area contributed by atoms with E-state index < -0.39 is 5.97 Å². The van der Waals surface area contributed by atoms with Crippen LogP contribution in [0.1, 0.15) is 77.9 Å². The van der Waals surface area contributed by atoms with Gasteiger partial charge in [-0.3, -0.25) is 0 Å². The minimum absolute atomic E-state index is 0.266. The second kappa shape index (κ2) is 12.2. The first kappa shape index (κ1) is 25.3. The largest absolute Gasteiger partial charge is 0.495 e. The van der Waals surface area contributed by atoms with E-state index in [0.717, 1.165) is 34.1 Å². The summed E-state index contributed by atoms with van der Waals surface area (Å²) in [6.45, 7) is 1.86. The number of benzene rings is 2. The fourth-order valence-corrected chi connectivity index (χ4v) is 5.67. The van der Waals surface area contributed by atoms with E-state index in [1.807, 2.05) is 30.8 Å². The third-order valence-corrected chi connectivity index (χ3v) is 8.13. The van der Waals surface area contributed by atoms with Crippen LogP contribution in [0.25, 0.3) is 0 Å². The fraction of sp³-hybridized carbons (Fsp3) is 0.462. The highest BCUT2D eigenvalue weighted by Crippen LogP contribution is 2.45. The molecule has 2 fully saturated rings. The Bertz CT molecular complexity index is 1010. The number of carboxylic acid groups (broad SMARTS) is 1. The van der Waals surface area contributed by atoms with Gasteiger partial charge in [-0.25, -0.2) is 4.79 Å². The number of aromatic carboxylic acids is 1. The van der Waals surface area contributed by atoms with E-state index in [1.165, 1.54) is 44.1 Å². The number of anilines is 1. The van der Waals surface area contributed by atoms with Gasteiger partial charge in [-0.05, 0) is 92.1 Å². The summed E-state index contributed by atoms with van der Waals surface area (Å²) >= 11 is 3.40. The molecule has 176 valence electrons. The molecule has 4 rings (SSSR count). The zero-order valence-corrected chi connectivity index (χ0v) is 21.2. The molecule has 0 radical (unpaired) electrons. The van der Waals surface area contributed by atoms with E-state index in [2.05, 4.69) is 17.0 Å². The van der Waals surface area contributed by atoms with Crippen molar-refractivity contribution in [1.82, 2.24) is 0 Å². The van der Waals surface area contributed by atoms with Crippen LogP contribution in [-0.2, 0) is 0 Å². The van der Waals surface area contributed by atoms with Crippen LogP contribution in [0.4, 0.5) is 5.69 Å². The highest BCUT2D eigenvalue weighted by Gasteiger charge is 2.27. The van der Waals surface area contributed by atoms with Crippen molar-refractivity contribution in [2.75, 3.05) is 18.1 Å². The van der Waals surface area contributed by atoms with E-state index >= 15 is 0 Å². The Morgan fingerprint density at radius 3 is 2.42 bits per heavy atom. The first-order valence-corrected chi connectivity index (χ1v) is 13.5. The van der Waals surface area contributed by atoms with Crippen LogP contribution in [-0.4, -0.2) is 29.7 Å². The second-order valence-corrected chi connectivity index (χ2v) is 10.5. The number of nitriles is 1. The number of hydrogen-bond acceptors (Lipinski definition) is 6. The van der Waals surface area contributed by atoms with Crippen LogP contribution in [0.3, 0.4) is 0 Å². The van der Waals surface area contributed by atoms with Gasteiger partial charge < -0.3 is 14.6 Å². The third-order valence-electron chi connectivity index (χ3n) is 6.10. The van der Waals surface area contributed by atoms with Crippen molar-refractivity contribution in [3.8, 4) is 11.8 Å². The van der Waals surface area contributed by atoms with Gasteiger partial charge in [0, 0.05) is 10.1 Å². The molecule has 2 aliphatic rings. The number of ether oxygens (including phenoxy) is 1. The molecule has 2 N–H and O–H groups in total. The molecule has 5 nitrogen and oxygen atoms in total. The molecule has 7 heteroatoms. The lowest BCUT2D eigenvalue weighted by Crippen LogP contribution is -2.06. The topological polar surface area (TPSA) is 82.3 Å². The zero-order valence-electron chi connectivity index (χ0n) is 19.5. The van der Waals surface area contributed by atoms with Crippen LogP contribution in [0.5, 0.6) is 5.75 Å². The van der Waals surface area contributed by atoms with Crippen LogP contribution < -0.4 is 9.46 Å². The minimum Gasteiger partial charge on any atom is -0.495 e. The summed E-state index contributed by atoms with van der Waals surface area (Å²) in [5.74, 6) is 0.206. The highest BCUT2D eigenvalue weighted by molar-refractivity contribution is 8.00. The smallest absolute Gasteiger partial charge is 0.335 e. The number of hydrogen-bond donors (Lipinski definition) is 2. The number of aryl methyl sites for hydroxylation is 1. The summed E-state index contributed by atoms with van der Waals surface area (Å²) in [5.41, 5.74) is 3.54. The van der Waals surface area contributed by atoms with Crippen molar-refractivity contribution in [3.63, 3.8) is 0 Å². The summed E-state index contributed by atoms with van der Waals surface area (Å²) < 4.78 is 8.61. The van der Waals surface area contributed by atoms with E-state index in [9.17, 15) is 15.2 Å². The second-order valence-electron chi connectivity index (χ2n) is 8.51. The zero-order chi connectivity index (χ0) is 23.8. The Balaban J connectivity index is 0.000000323. The normalized spacial score (nSPS) is 15.7. The summed E-state index contributed by atoms with van der Waals surface area (Å²) in [6, 6.07) is 11.0. The maximum Gasteiger partial charge on any atom is 0.335 e. The minimum atomic E-state index is -0.941. The van der Waals surface area contributed by atoms with Gasteiger partial charge in [0.25, 0.3) is 0 Å². The summed E-state index contributed by atoms with van der Waals surface area (Å²) in [7, 11) is 1.58. The van der Waals surface area contributed by atoms with Gasteiger partial charge in [0.05, 0.1) is 30.0 Å². The summed E-state index contributed by atoms with van der Waals surface area (Å²) in [5, 5.41) is 19.5. The molecule has 0 spiro atoms. The molecular weight excluding hydrogens is 452 g/mol. The van der Waals surface area contributed by atoms with E-state index in [0.29, 0.717) is 22.9 Å². The number of carboxylic acids is 1. The van der Waals surface area contributed by atoms with Crippen molar-refractivity contribution < 1.29 is 14.6 Å². The maximum atomic E-state index is 11.3. The molecule has 0 heterocycles. The Kier molecular flexibility index (Phi) is 9.40. The lowest BCUT2D eigenvalue weighted by Gasteiger charge is -2.18. The molecule has 0 unspecified atom stereocenters. The molecule has 0 amide bonds. The number of carbonyl (C=O) groups is 1. The van der Waals surface area contributed by atoms with Gasteiger partial charge >= 0.3 is 5.97 Å². The average Bonchev–Trinajstić information content (AvgIpc) is 3.69. The van der Waals surface area contributed by atoms with Gasteiger partial charge in [0.15, 0.2) is 0 Å². The average molecular weight is 485 g/mol. The Morgan fingerprint density at radius 2 is 1.88 bits per heavy atom.